The first-order valence-corrected chi connectivity index (χ1v) is 9.42. The molecule has 0 saturated carbocycles. The van der Waals surface area contributed by atoms with Crippen LogP contribution in [0.15, 0.2) is 17.0 Å². The predicted octanol–water partition coefficient (Wildman–Crippen LogP) is 4.38. The van der Waals surface area contributed by atoms with E-state index in [0.717, 1.165) is 16.7 Å². The standard InChI is InChI=1S/C17H17Cl2NO5S/c1-4-24-14-11(18)6-10(7-12(14)19)8-13-15(21)20(17(23)26-13)9(3)16(22)25-5-2/h6-9H,4-5H2,1-3H3. The number of ether oxygens (including phenoxy) is 2. The second-order valence-corrected chi connectivity index (χ2v) is 7.03. The van der Waals surface area contributed by atoms with Crippen molar-refractivity contribution >= 4 is 58.2 Å². The van der Waals surface area contributed by atoms with Crippen LogP contribution < -0.4 is 4.74 Å². The lowest BCUT2D eigenvalue weighted by molar-refractivity contribution is -0.150. The molecule has 0 radical (unpaired) electrons. The number of hydrogen-bond acceptors (Lipinski definition) is 6. The van der Waals surface area contributed by atoms with Crippen LogP contribution in [0, 0.1) is 0 Å². The lowest BCUT2D eigenvalue weighted by Crippen LogP contribution is -2.42. The van der Waals surface area contributed by atoms with Crippen molar-refractivity contribution in [3.8, 4) is 5.75 Å². The summed E-state index contributed by atoms with van der Waals surface area (Å²) in [5.41, 5.74) is 0.540. The third kappa shape index (κ3) is 4.34. The molecule has 1 aliphatic rings. The fourth-order valence-corrected chi connectivity index (χ4v) is 3.80. The van der Waals surface area contributed by atoms with Gasteiger partial charge in [0, 0.05) is 0 Å². The highest BCUT2D eigenvalue weighted by Gasteiger charge is 2.41. The number of nitrogens with zero attached hydrogens (tertiary/aromatic N) is 1. The Morgan fingerprint density at radius 1 is 1.23 bits per heavy atom. The number of halogens is 2. The number of amides is 2. The van der Waals surface area contributed by atoms with Gasteiger partial charge in [-0.1, -0.05) is 23.2 Å². The van der Waals surface area contributed by atoms with E-state index in [2.05, 4.69) is 0 Å². The molecule has 1 unspecified atom stereocenters. The van der Waals surface area contributed by atoms with E-state index < -0.39 is 23.2 Å². The molecule has 26 heavy (non-hydrogen) atoms. The lowest BCUT2D eigenvalue weighted by atomic mass is 10.2. The van der Waals surface area contributed by atoms with Crippen LogP contribution in [0.5, 0.6) is 5.75 Å². The Balaban J connectivity index is 2.29. The maximum atomic E-state index is 12.5. The van der Waals surface area contributed by atoms with Gasteiger partial charge >= 0.3 is 5.97 Å². The summed E-state index contributed by atoms with van der Waals surface area (Å²) in [6.45, 7) is 5.47. The van der Waals surface area contributed by atoms with Gasteiger partial charge in [-0.2, -0.15) is 0 Å². The van der Waals surface area contributed by atoms with Gasteiger partial charge in [0.05, 0.1) is 28.2 Å². The number of hydrogen-bond donors (Lipinski definition) is 0. The SMILES string of the molecule is CCOC(=O)C(C)N1C(=O)SC(=Cc2cc(Cl)c(OCC)c(Cl)c2)C1=O. The summed E-state index contributed by atoms with van der Waals surface area (Å²) in [6.07, 6.45) is 1.50. The van der Waals surface area contributed by atoms with Crippen LogP contribution in [0.3, 0.4) is 0 Å². The maximum absolute atomic E-state index is 12.5. The Morgan fingerprint density at radius 3 is 2.38 bits per heavy atom. The van der Waals surface area contributed by atoms with Crippen molar-refractivity contribution in [2.75, 3.05) is 13.2 Å². The highest BCUT2D eigenvalue weighted by molar-refractivity contribution is 8.18. The van der Waals surface area contributed by atoms with Gasteiger partial charge in [0.25, 0.3) is 11.1 Å². The number of thioether (sulfide) groups is 1. The zero-order valence-corrected chi connectivity index (χ0v) is 16.7. The Hall–Kier alpha value is -1.70. The van der Waals surface area contributed by atoms with Gasteiger partial charge in [-0.15, -0.1) is 0 Å². The quantitative estimate of drug-likeness (QED) is 0.504. The molecular weight excluding hydrogens is 401 g/mol. The first-order chi connectivity index (χ1) is 12.3. The number of benzene rings is 1. The zero-order chi connectivity index (χ0) is 19.4. The molecule has 9 heteroatoms. The van der Waals surface area contributed by atoms with Crippen molar-refractivity contribution in [2.45, 2.75) is 26.8 Å². The van der Waals surface area contributed by atoms with E-state index in [1.807, 2.05) is 0 Å². The molecule has 0 bridgehead atoms. The van der Waals surface area contributed by atoms with Crippen molar-refractivity contribution < 1.29 is 23.9 Å². The lowest BCUT2D eigenvalue weighted by Gasteiger charge is -2.19. The molecule has 2 rings (SSSR count). The third-order valence-corrected chi connectivity index (χ3v) is 4.89. The molecule has 140 valence electrons. The first-order valence-electron chi connectivity index (χ1n) is 7.85. The summed E-state index contributed by atoms with van der Waals surface area (Å²) in [7, 11) is 0. The van der Waals surface area contributed by atoms with Crippen molar-refractivity contribution in [2.24, 2.45) is 0 Å². The molecule has 0 N–H and O–H groups in total. The van der Waals surface area contributed by atoms with Gasteiger partial charge in [0.1, 0.15) is 6.04 Å². The Bertz CT molecular complexity index is 757. The molecule has 0 aliphatic carbocycles. The van der Waals surface area contributed by atoms with Gasteiger partial charge in [0.15, 0.2) is 5.75 Å². The summed E-state index contributed by atoms with van der Waals surface area (Å²) >= 11 is 13.0. The normalized spacial score (nSPS) is 17.0. The van der Waals surface area contributed by atoms with Crippen molar-refractivity contribution in [3.63, 3.8) is 0 Å². The van der Waals surface area contributed by atoms with Crippen molar-refractivity contribution in [3.05, 3.63) is 32.6 Å². The van der Waals surface area contributed by atoms with Crippen LogP contribution in [0.1, 0.15) is 26.3 Å². The average molecular weight is 418 g/mol. The first kappa shape index (κ1) is 20.6. The topological polar surface area (TPSA) is 72.9 Å². The van der Waals surface area contributed by atoms with Crippen LogP contribution >= 0.6 is 35.0 Å². The maximum Gasteiger partial charge on any atom is 0.329 e. The van der Waals surface area contributed by atoms with E-state index >= 15 is 0 Å². The minimum absolute atomic E-state index is 0.165. The summed E-state index contributed by atoms with van der Waals surface area (Å²) in [6, 6.07) is 2.17. The molecule has 1 heterocycles. The monoisotopic (exact) mass is 417 g/mol. The summed E-state index contributed by atoms with van der Waals surface area (Å²) < 4.78 is 10.2. The van der Waals surface area contributed by atoms with Crippen LogP contribution in [-0.4, -0.2) is 41.3 Å². The Morgan fingerprint density at radius 2 is 1.85 bits per heavy atom. The van der Waals surface area contributed by atoms with Crippen LogP contribution in [0.4, 0.5) is 4.79 Å². The number of imide groups is 1. The molecule has 1 fully saturated rings. The van der Waals surface area contributed by atoms with Crippen molar-refractivity contribution in [1.29, 1.82) is 0 Å². The largest absolute Gasteiger partial charge is 0.491 e. The minimum atomic E-state index is -0.999. The highest BCUT2D eigenvalue weighted by atomic mass is 35.5. The van der Waals surface area contributed by atoms with E-state index in [0.29, 0.717) is 28.0 Å². The zero-order valence-electron chi connectivity index (χ0n) is 14.4. The number of rotatable bonds is 6. The molecule has 2 amide bonds. The fourth-order valence-electron chi connectivity index (χ4n) is 2.28. The summed E-state index contributed by atoms with van der Waals surface area (Å²) in [5, 5.41) is 0.0550. The van der Waals surface area contributed by atoms with Crippen LogP contribution in [0.25, 0.3) is 6.08 Å². The molecule has 1 atom stereocenters. The number of carbonyl (C=O) groups is 3. The molecule has 0 aromatic heterocycles. The fraction of sp³-hybridized carbons (Fsp3) is 0.353. The Kier molecular flexibility index (Phi) is 6.97. The van der Waals surface area contributed by atoms with Crippen LogP contribution in [-0.2, 0) is 14.3 Å². The molecule has 1 aromatic rings. The molecular formula is C17H17Cl2NO5S. The predicted molar refractivity (Wildman–Crippen MR) is 102 cm³/mol. The van der Waals surface area contributed by atoms with Gasteiger partial charge in [-0.3, -0.25) is 14.5 Å². The molecule has 0 spiro atoms. The highest BCUT2D eigenvalue weighted by Crippen LogP contribution is 2.38. The van der Waals surface area contributed by atoms with Crippen molar-refractivity contribution in [1.82, 2.24) is 4.90 Å². The summed E-state index contributed by atoms with van der Waals surface area (Å²) in [5.74, 6) is -0.845. The van der Waals surface area contributed by atoms with E-state index in [1.54, 1.807) is 26.0 Å². The van der Waals surface area contributed by atoms with E-state index in [1.165, 1.54) is 13.0 Å². The minimum Gasteiger partial charge on any atom is -0.491 e. The molecule has 1 aliphatic heterocycles. The second kappa shape index (κ2) is 8.79. The van der Waals surface area contributed by atoms with Crippen LogP contribution in [0.2, 0.25) is 10.0 Å². The Labute approximate surface area is 165 Å². The average Bonchev–Trinajstić information content (AvgIpc) is 2.84. The van der Waals surface area contributed by atoms with Gasteiger partial charge in [-0.25, -0.2) is 4.79 Å². The third-order valence-electron chi connectivity index (χ3n) is 3.45. The smallest absolute Gasteiger partial charge is 0.329 e. The van der Waals surface area contributed by atoms with Gasteiger partial charge in [0.2, 0.25) is 0 Å². The summed E-state index contributed by atoms with van der Waals surface area (Å²) in [4.78, 5) is 37.6. The van der Waals surface area contributed by atoms with E-state index in [4.69, 9.17) is 32.7 Å². The second-order valence-electron chi connectivity index (χ2n) is 5.23. The van der Waals surface area contributed by atoms with Gasteiger partial charge in [-0.05, 0) is 56.3 Å². The number of esters is 1. The van der Waals surface area contributed by atoms with E-state index in [9.17, 15) is 14.4 Å². The van der Waals surface area contributed by atoms with Gasteiger partial charge < -0.3 is 9.47 Å². The molecule has 6 nitrogen and oxygen atoms in total. The number of carbonyl (C=O) groups excluding carboxylic acids is 3. The van der Waals surface area contributed by atoms with E-state index in [-0.39, 0.29) is 11.5 Å². The molecule has 1 aromatic carbocycles. The molecule has 1 saturated heterocycles.